The van der Waals surface area contributed by atoms with Crippen LogP contribution in [-0.2, 0) is 0 Å². The minimum Gasteiger partial charge on any atom is -0.496 e. The Balaban J connectivity index is 1.49. The second-order valence-electron chi connectivity index (χ2n) is 8.27. The largest absolute Gasteiger partial charge is 0.496 e. The average Bonchev–Trinajstić information content (AvgIpc) is 3.31. The van der Waals surface area contributed by atoms with Crippen LogP contribution in [0, 0.1) is 5.92 Å². The average molecular weight is 498 g/mol. The highest BCUT2D eigenvalue weighted by Gasteiger charge is 2.27. The standard InChI is InChI=1S/C25H28BrN3O3/c1-17-11-13-29(14-12-17)22(20-5-3-4-6-23(20)31-2)16-27-25(30)21-15-24(32-28-21)18-7-9-19(26)10-8-18/h3-10,15,17,22H,11-14,16H2,1-2H3,(H,27,30)/t22-/m1/s1. The van der Waals surface area contributed by atoms with Crippen LogP contribution in [0.15, 0.2) is 63.6 Å². The summed E-state index contributed by atoms with van der Waals surface area (Å²) in [5.41, 5.74) is 2.23. The molecule has 7 heteroatoms. The zero-order valence-corrected chi connectivity index (χ0v) is 20.0. The summed E-state index contributed by atoms with van der Waals surface area (Å²) in [4.78, 5) is 15.3. The lowest BCUT2D eigenvalue weighted by Crippen LogP contribution is -2.42. The van der Waals surface area contributed by atoms with Crippen molar-refractivity contribution in [3.8, 4) is 17.1 Å². The third-order valence-corrected chi connectivity index (χ3v) is 6.61. The lowest BCUT2D eigenvalue weighted by Gasteiger charge is -2.37. The summed E-state index contributed by atoms with van der Waals surface area (Å²) >= 11 is 3.42. The zero-order valence-electron chi connectivity index (χ0n) is 18.4. The van der Waals surface area contributed by atoms with Gasteiger partial charge in [-0.25, -0.2) is 0 Å². The highest BCUT2D eigenvalue weighted by molar-refractivity contribution is 9.10. The van der Waals surface area contributed by atoms with E-state index in [1.807, 2.05) is 42.5 Å². The number of methoxy groups -OCH3 is 1. The van der Waals surface area contributed by atoms with Crippen molar-refractivity contribution in [1.29, 1.82) is 0 Å². The number of nitrogens with one attached hydrogen (secondary N) is 1. The number of ether oxygens (including phenoxy) is 1. The van der Waals surface area contributed by atoms with Crippen LogP contribution in [-0.4, -0.2) is 42.7 Å². The van der Waals surface area contributed by atoms with Gasteiger partial charge in [-0.1, -0.05) is 58.3 Å². The van der Waals surface area contributed by atoms with Crippen molar-refractivity contribution in [2.75, 3.05) is 26.7 Å². The minimum absolute atomic E-state index is 0.0282. The van der Waals surface area contributed by atoms with Crippen LogP contribution in [0.1, 0.15) is 41.9 Å². The lowest BCUT2D eigenvalue weighted by atomic mass is 9.95. The fourth-order valence-electron chi connectivity index (χ4n) is 4.13. The summed E-state index contributed by atoms with van der Waals surface area (Å²) in [7, 11) is 1.69. The molecule has 0 bridgehead atoms. The lowest BCUT2D eigenvalue weighted by molar-refractivity contribution is 0.0902. The van der Waals surface area contributed by atoms with E-state index in [4.69, 9.17) is 9.26 Å². The number of nitrogens with zero attached hydrogens (tertiary/aromatic N) is 2. The van der Waals surface area contributed by atoms with Crippen LogP contribution in [0.2, 0.25) is 0 Å². The zero-order chi connectivity index (χ0) is 22.5. The van der Waals surface area contributed by atoms with Crippen LogP contribution in [0.25, 0.3) is 11.3 Å². The van der Waals surface area contributed by atoms with Gasteiger partial charge < -0.3 is 14.6 Å². The second-order valence-corrected chi connectivity index (χ2v) is 9.19. The number of likely N-dealkylation sites (tertiary alicyclic amines) is 1. The van der Waals surface area contributed by atoms with Gasteiger partial charge in [-0.3, -0.25) is 9.69 Å². The number of carbonyl (C=O) groups excluding carboxylic acids is 1. The molecule has 1 fully saturated rings. The third-order valence-electron chi connectivity index (χ3n) is 6.08. The first kappa shape index (κ1) is 22.6. The number of aromatic nitrogens is 1. The molecule has 1 aliphatic rings. The predicted octanol–water partition coefficient (Wildman–Crippen LogP) is 5.32. The van der Waals surface area contributed by atoms with Gasteiger partial charge in [-0.15, -0.1) is 0 Å². The number of rotatable bonds is 7. The highest BCUT2D eigenvalue weighted by atomic mass is 79.9. The van der Waals surface area contributed by atoms with E-state index in [0.29, 0.717) is 12.3 Å². The van der Waals surface area contributed by atoms with E-state index in [0.717, 1.165) is 53.2 Å². The highest BCUT2D eigenvalue weighted by Crippen LogP contribution is 2.32. The molecule has 3 aromatic rings. The monoisotopic (exact) mass is 497 g/mol. The molecule has 0 saturated carbocycles. The van der Waals surface area contributed by atoms with E-state index in [-0.39, 0.29) is 17.6 Å². The maximum Gasteiger partial charge on any atom is 0.273 e. The van der Waals surface area contributed by atoms with E-state index >= 15 is 0 Å². The molecule has 2 aromatic carbocycles. The molecule has 2 heterocycles. The van der Waals surface area contributed by atoms with Crippen LogP contribution < -0.4 is 10.1 Å². The molecule has 1 saturated heterocycles. The number of hydrogen-bond acceptors (Lipinski definition) is 5. The van der Waals surface area contributed by atoms with Crippen molar-refractivity contribution in [2.24, 2.45) is 5.92 Å². The van der Waals surface area contributed by atoms with E-state index in [1.54, 1.807) is 13.2 Å². The van der Waals surface area contributed by atoms with E-state index in [1.165, 1.54) is 0 Å². The molecule has 1 aromatic heterocycles. The number of benzene rings is 2. The molecule has 0 spiro atoms. The Kier molecular flexibility index (Phi) is 7.27. The SMILES string of the molecule is COc1ccccc1[C@@H](CNC(=O)c1cc(-c2ccc(Br)cc2)on1)N1CCC(C)CC1. The van der Waals surface area contributed by atoms with Crippen molar-refractivity contribution in [2.45, 2.75) is 25.8 Å². The number of carbonyl (C=O) groups is 1. The fraction of sp³-hybridized carbons (Fsp3) is 0.360. The smallest absolute Gasteiger partial charge is 0.273 e. The molecular weight excluding hydrogens is 470 g/mol. The predicted molar refractivity (Wildman–Crippen MR) is 128 cm³/mol. The summed E-state index contributed by atoms with van der Waals surface area (Å²) in [6, 6.07) is 17.4. The summed E-state index contributed by atoms with van der Waals surface area (Å²) < 4.78 is 12.0. The van der Waals surface area contributed by atoms with Gasteiger partial charge in [0.05, 0.1) is 13.2 Å². The van der Waals surface area contributed by atoms with Crippen molar-refractivity contribution < 1.29 is 14.1 Å². The molecule has 32 heavy (non-hydrogen) atoms. The van der Waals surface area contributed by atoms with Gasteiger partial charge in [-0.05, 0) is 50.0 Å². The van der Waals surface area contributed by atoms with Crippen molar-refractivity contribution in [3.63, 3.8) is 0 Å². The van der Waals surface area contributed by atoms with Crippen molar-refractivity contribution in [3.05, 3.63) is 70.3 Å². The molecule has 0 aliphatic carbocycles. The van der Waals surface area contributed by atoms with E-state index in [9.17, 15) is 4.79 Å². The van der Waals surface area contributed by atoms with E-state index < -0.39 is 0 Å². The molecule has 1 amide bonds. The van der Waals surface area contributed by atoms with Gasteiger partial charge in [-0.2, -0.15) is 0 Å². The van der Waals surface area contributed by atoms with Gasteiger partial charge in [0.1, 0.15) is 5.75 Å². The molecule has 1 N–H and O–H groups in total. The number of halogens is 1. The van der Waals surface area contributed by atoms with Crippen molar-refractivity contribution in [1.82, 2.24) is 15.4 Å². The van der Waals surface area contributed by atoms with Gasteiger partial charge in [0.25, 0.3) is 5.91 Å². The molecule has 4 rings (SSSR count). The first-order valence-corrected chi connectivity index (χ1v) is 11.7. The molecule has 6 nitrogen and oxygen atoms in total. The Morgan fingerprint density at radius 1 is 1.22 bits per heavy atom. The fourth-order valence-corrected chi connectivity index (χ4v) is 4.39. The first-order valence-electron chi connectivity index (χ1n) is 10.9. The maximum atomic E-state index is 12.9. The Hall–Kier alpha value is -2.64. The Morgan fingerprint density at radius 2 is 1.94 bits per heavy atom. The van der Waals surface area contributed by atoms with E-state index in [2.05, 4.69) is 44.3 Å². The van der Waals surface area contributed by atoms with Gasteiger partial charge in [0.15, 0.2) is 11.5 Å². The maximum absolute atomic E-state index is 12.9. The number of amides is 1. The summed E-state index contributed by atoms with van der Waals surface area (Å²) in [5.74, 6) is 1.88. The number of piperidine rings is 1. The normalized spacial score (nSPS) is 16.0. The quantitative estimate of drug-likeness (QED) is 0.478. The van der Waals surface area contributed by atoms with Crippen LogP contribution in [0.4, 0.5) is 0 Å². The van der Waals surface area contributed by atoms with Gasteiger partial charge in [0, 0.05) is 28.2 Å². The molecule has 0 radical (unpaired) electrons. The van der Waals surface area contributed by atoms with Crippen LogP contribution in [0.5, 0.6) is 5.75 Å². The number of hydrogen-bond donors (Lipinski definition) is 1. The molecular formula is C25H28BrN3O3. The summed E-state index contributed by atoms with van der Waals surface area (Å²) in [6.07, 6.45) is 2.30. The Labute approximate surface area is 197 Å². The Bertz CT molecular complexity index is 1040. The third kappa shape index (κ3) is 5.22. The molecule has 0 unspecified atom stereocenters. The second kappa shape index (κ2) is 10.3. The van der Waals surface area contributed by atoms with Gasteiger partial charge in [0.2, 0.25) is 0 Å². The molecule has 1 aliphatic heterocycles. The molecule has 168 valence electrons. The topological polar surface area (TPSA) is 67.6 Å². The number of para-hydroxylation sites is 1. The summed E-state index contributed by atoms with van der Waals surface area (Å²) in [5, 5.41) is 7.05. The summed E-state index contributed by atoms with van der Waals surface area (Å²) in [6.45, 7) is 4.76. The van der Waals surface area contributed by atoms with Gasteiger partial charge >= 0.3 is 0 Å². The minimum atomic E-state index is -0.248. The molecule has 1 atom stereocenters. The Morgan fingerprint density at radius 3 is 2.66 bits per heavy atom. The van der Waals surface area contributed by atoms with Crippen LogP contribution >= 0.6 is 15.9 Å². The first-order chi connectivity index (χ1) is 15.5. The van der Waals surface area contributed by atoms with Crippen LogP contribution in [0.3, 0.4) is 0 Å². The van der Waals surface area contributed by atoms with Crippen molar-refractivity contribution >= 4 is 21.8 Å².